The summed E-state index contributed by atoms with van der Waals surface area (Å²) in [5.74, 6) is -1.03. The lowest BCUT2D eigenvalue weighted by atomic mass is 9.61. The number of ether oxygens (including phenoxy) is 3. The number of anilines is 2. The highest BCUT2D eigenvalue weighted by atomic mass is 32.3. The molecule has 0 bridgehead atoms. The predicted molar refractivity (Wildman–Crippen MR) is 199 cm³/mol. The van der Waals surface area contributed by atoms with Crippen molar-refractivity contribution in [3.8, 4) is 5.75 Å². The van der Waals surface area contributed by atoms with Gasteiger partial charge in [0, 0.05) is 63.6 Å². The first kappa shape index (κ1) is 39.9. The van der Waals surface area contributed by atoms with Crippen molar-refractivity contribution in [1.82, 2.24) is 10.3 Å². The summed E-state index contributed by atoms with van der Waals surface area (Å²) < 4.78 is 58.4. The summed E-state index contributed by atoms with van der Waals surface area (Å²) in [6.07, 6.45) is 8.55. The Balaban J connectivity index is 0.00000284. The van der Waals surface area contributed by atoms with Gasteiger partial charge in [-0.25, -0.2) is 33.8 Å². The van der Waals surface area contributed by atoms with Gasteiger partial charge in [-0.2, -0.15) is 4.39 Å². The molecule has 276 valence electrons. The molecule has 2 fully saturated rings. The van der Waals surface area contributed by atoms with Gasteiger partial charge in [-0.05, 0) is 55.6 Å². The summed E-state index contributed by atoms with van der Waals surface area (Å²) in [6, 6.07) is 8.68. The first-order chi connectivity index (χ1) is 23.3. The topological polar surface area (TPSA) is 145 Å². The van der Waals surface area contributed by atoms with Crippen molar-refractivity contribution in [3.63, 3.8) is 0 Å². The Morgan fingerprint density at radius 1 is 1.12 bits per heavy atom. The van der Waals surface area contributed by atoms with E-state index in [1.807, 2.05) is 24.8 Å². The van der Waals surface area contributed by atoms with Crippen LogP contribution in [0.1, 0.15) is 39.2 Å². The molecule has 1 aliphatic heterocycles. The first-order valence-corrected chi connectivity index (χ1v) is 19.3. The molecule has 1 aromatic carbocycles. The molecule has 2 aliphatic rings. The number of aliphatic imine (C=N–C) groups is 2. The van der Waals surface area contributed by atoms with E-state index in [9.17, 15) is 8.78 Å². The van der Waals surface area contributed by atoms with Crippen LogP contribution in [-0.4, -0.2) is 107 Å². The lowest BCUT2D eigenvalue weighted by Crippen LogP contribution is -2.66. The van der Waals surface area contributed by atoms with Crippen molar-refractivity contribution in [1.29, 1.82) is 0 Å². The van der Waals surface area contributed by atoms with Gasteiger partial charge in [-0.3, -0.25) is 5.32 Å². The van der Waals surface area contributed by atoms with E-state index in [4.69, 9.17) is 25.7 Å². The fourth-order valence-corrected chi connectivity index (χ4v) is 6.08. The van der Waals surface area contributed by atoms with E-state index in [1.165, 1.54) is 0 Å². The lowest BCUT2D eigenvalue weighted by molar-refractivity contribution is -0.170. The van der Waals surface area contributed by atoms with Crippen LogP contribution in [0.15, 0.2) is 52.7 Å². The summed E-state index contributed by atoms with van der Waals surface area (Å²) in [6.45, 7) is 6.12. The Morgan fingerprint density at radius 2 is 1.82 bits per heavy atom. The van der Waals surface area contributed by atoms with Gasteiger partial charge >= 0.3 is 0 Å². The monoisotopic (exact) mass is 712 g/mol. The van der Waals surface area contributed by atoms with Gasteiger partial charge in [0.2, 0.25) is 11.9 Å². The molecule has 11 nitrogen and oxygen atoms in total. The molecule has 1 atom stereocenters. The molecule has 4 rings (SSSR count). The Labute approximate surface area is 291 Å². The van der Waals surface area contributed by atoms with Crippen LogP contribution in [0, 0.1) is 5.41 Å². The standard InChI is InChI=1S/C32H47F3N8O3S.C2H6.H2/c1-38-30(42-29(37)23-7-9-27(39-16-23)43-19-31(20-43)17-32(34,35)18-31)41-25-8-6-22(14-26(25)46-11-10-44-2)24(15-36)28(33)40-21-45-12-13-47(3,4)5;1-2;/h6-9,14-16,30,38,41H,10-13,17-21,36H2,1-5H3,(H2,37,42);1-2H3;1H/b24-15-,40-28-;;. The lowest BCUT2D eigenvalue weighted by Gasteiger charge is -2.59. The Hall–Kier alpha value is -3.53. The van der Waals surface area contributed by atoms with Crippen molar-refractivity contribution >= 4 is 38.9 Å². The number of methoxy groups -OCH3 is 1. The molecule has 15 heteroatoms. The molecule has 1 saturated carbocycles. The van der Waals surface area contributed by atoms with Gasteiger partial charge in [0.1, 0.15) is 30.7 Å². The van der Waals surface area contributed by atoms with E-state index in [1.54, 1.807) is 44.6 Å². The van der Waals surface area contributed by atoms with Crippen LogP contribution in [0.5, 0.6) is 5.75 Å². The van der Waals surface area contributed by atoms with Gasteiger partial charge in [0.25, 0.3) is 0 Å². The zero-order valence-corrected chi connectivity index (χ0v) is 30.5. The second kappa shape index (κ2) is 17.9. The number of nitrogens with two attached hydrogens (primary N) is 2. The number of alkyl halides is 2. The molecule has 1 spiro atoms. The van der Waals surface area contributed by atoms with E-state index in [0.717, 1.165) is 12.0 Å². The molecule has 0 amide bonds. The third-order valence-electron chi connectivity index (χ3n) is 7.88. The molecule has 0 radical (unpaired) electrons. The molecule has 49 heavy (non-hydrogen) atoms. The molecule has 1 saturated heterocycles. The summed E-state index contributed by atoms with van der Waals surface area (Å²) >= 11 is 0. The average molecular weight is 713 g/mol. The van der Waals surface area contributed by atoms with Crippen molar-refractivity contribution in [2.24, 2.45) is 26.9 Å². The van der Waals surface area contributed by atoms with Crippen LogP contribution in [0.4, 0.5) is 24.7 Å². The van der Waals surface area contributed by atoms with Gasteiger partial charge in [-0.15, -0.1) is 0 Å². The van der Waals surface area contributed by atoms with Crippen LogP contribution >= 0.6 is 10.0 Å². The Bertz CT molecular complexity index is 1440. The maximum atomic E-state index is 15.1. The maximum Gasteiger partial charge on any atom is 0.249 e. The molecule has 1 unspecified atom stereocenters. The van der Waals surface area contributed by atoms with E-state index in [2.05, 4.69) is 44.4 Å². The highest BCUT2D eigenvalue weighted by molar-refractivity contribution is 8.32. The molecular weight excluding hydrogens is 657 g/mol. The van der Waals surface area contributed by atoms with Crippen molar-refractivity contribution in [2.45, 2.75) is 38.9 Å². The number of hydrogen-bond acceptors (Lipinski definition) is 10. The molecule has 1 aromatic heterocycles. The van der Waals surface area contributed by atoms with E-state index >= 15 is 4.39 Å². The van der Waals surface area contributed by atoms with Crippen LogP contribution in [0.2, 0.25) is 0 Å². The second-order valence-corrected chi connectivity index (χ2v) is 17.3. The highest BCUT2D eigenvalue weighted by Crippen LogP contribution is 2.57. The average Bonchev–Trinajstić information content (AvgIpc) is 3.03. The zero-order chi connectivity index (χ0) is 36.2. The van der Waals surface area contributed by atoms with Crippen LogP contribution in [-0.2, 0) is 9.47 Å². The number of allylic oxidation sites excluding steroid dienone is 1. The summed E-state index contributed by atoms with van der Waals surface area (Å²) in [7, 11) is 2.56. The smallest absolute Gasteiger partial charge is 0.249 e. The summed E-state index contributed by atoms with van der Waals surface area (Å²) in [5, 5.41) is 6.31. The van der Waals surface area contributed by atoms with E-state index in [-0.39, 0.29) is 44.4 Å². The third-order valence-corrected chi connectivity index (χ3v) is 9.27. The molecule has 1 aliphatic carbocycles. The fraction of sp³-hybridized carbons (Fsp3) is 0.559. The van der Waals surface area contributed by atoms with Crippen LogP contribution < -0.4 is 31.7 Å². The second-order valence-electron chi connectivity index (χ2n) is 12.7. The molecule has 2 aromatic rings. The van der Waals surface area contributed by atoms with Gasteiger partial charge < -0.3 is 35.9 Å². The van der Waals surface area contributed by atoms with E-state index in [0.29, 0.717) is 54.7 Å². The minimum Gasteiger partial charge on any atom is -0.489 e. The number of aromatic nitrogens is 1. The number of halogens is 3. The van der Waals surface area contributed by atoms with Crippen molar-refractivity contribution < 1.29 is 28.8 Å². The van der Waals surface area contributed by atoms with Gasteiger partial charge in [0.05, 0.1) is 24.5 Å². The minimum atomic E-state index is -2.54. The van der Waals surface area contributed by atoms with E-state index < -0.39 is 28.2 Å². The molecule has 2 heterocycles. The third kappa shape index (κ3) is 11.5. The summed E-state index contributed by atoms with van der Waals surface area (Å²) in [4.78, 5) is 15.0. The largest absolute Gasteiger partial charge is 0.489 e. The Morgan fingerprint density at radius 3 is 2.39 bits per heavy atom. The first-order valence-electron chi connectivity index (χ1n) is 16.3. The normalized spacial score (nSPS) is 18.2. The van der Waals surface area contributed by atoms with Gasteiger partial charge in [-0.1, -0.05) is 19.9 Å². The molecule has 6 N–H and O–H groups in total. The number of nitrogens with one attached hydrogen (secondary N) is 2. The SMILES string of the molecule is CC.CNC(/N=C(\N)c1ccc(N2CC3(C2)CC(F)(F)C3)nc1)Nc1ccc(C(=C/N)/C(F)=N/COCCS(C)(C)C)cc1OCCOC.[HH]. The van der Waals surface area contributed by atoms with Crippen molar-refractivity contribution in [2.75, 3.05) is 88.5 Å². The highest BCUT2D eigenvalue weighted by Gasteiger charge is 2.61. The minimum absolute atomic E-state index is 0. The van der Waals surface area contributed by atoms with Crippen LogP contribution in [0.3, 0.4) is 0 Å². The number of pyridine rings is 1. The van der Waals surface area contributed by atoms with Gasteiger partial charge in [0.15, 0.2) is 6.29 Å². The Kier molecular flexibility index (Phi) is 14.6. The fourth-order valence-electron chi connectivity index (χ4n) is 5.46. The maximum absolute atomic E-state index is 15.1. The number of benzene rings is 1. The zero-order valence-electron chi connectivity index (χ0n) is 29.7. The molecular formula is C34H55F3N8O3S. The quantitative estimate of drug-likeness (QED) is 0.0747. The summed E-state index contributed by atoms with van der Waals surface area (Å²) in [5.41, 5.74) is 13.6. The number of nitrogens with zero attached hydrogens (tertiary/aromatic N) is 4. The number of rotatable bonds is 17. The number of hydrogen-bond donors (Lipinski definition) is 4. The van der Waals surface area contributed by atoms with Crippen molar-refractivity contribution in [3.05, 3.63) is 53.9 Å². The predicted octanol–water partition coefficient (Wildman–Crippen LogP) is 5.27. The van der Waals surface area contributed by atoms with Crippen LogP contribution in [0.25, 0.3) is 5.57 Å². The number of amidine groups is 1.